The van der Waals surface area contributed by atoms with E-state index in [0.717, 1.165) is 31.7 Å². The van der Waals surface area contributed by atoms with Crippen molar-refractivity contribution in [1.29, 1.82) is 0 Å². The van der Waals surface area contributed by atoms with Crippen LogP contribution in [0.4, 0.5) is 9.93 Å². The van der Waals surface area contributed by atoms with Crippen molar-refractivity contribution in [3.8, 4) is 0 Å². The molecule has 1 aliphatic rings. The van der Waals surface area contributed by atoms with Crippen molar-refractivity contribution >= 4 is 22.5 Å². The molecule has 0 atom stereocenters. The van der Waals surface area contributed by atoms with Gasteiger partial charge in [0.2, 0.25) is 0 Å². The Morgan fingerprint density at radius 1 is 1.53 bits per heavy atom. The lowest BCUT2D eigenvalue weighted by Crippen LogP contribution is -2.25. The smallest absolute Gasteiger partial charge is 0.325 e. The average Bonchev–Trinajstić information content (AvgIpc) is 2.73. The molecule has 1 aromatic heterocycles. The summed E-state index contributed by atoms with van der Waals surface area (Å²) in [6.45, 7) is 3.37. The number of thiazole rings is 1. The topological polar surface area (TPSA) is 63.2 Å². The van der Waals surface area contributed by atoms with Crippen LogP contribution < -0.4 is 10.6 Å². The minimum atomic E-state index is -0.252. The fraction of sp³-hybridized carbons (Fsp3) is 0.455. The summed E-state index contributed by atoms with van der Waals surface area (Å²) in [5.74, 6) is 0. The van der Waals surface area contributed by atoms with Gasteiger partial charge >= 0.3 is 6.03 Å². The van der Waals surface area contributed by atoms with Gasteiger partial charge in [-0.2, -0.15) is 0 Å². The van der Waals surface area contributed by atoms with Crippen molar-refractivity contribution in [1.82, 2.24) is 10.3 Å². The van der Waals surface area contributed by atoms with Crippen LogP contribution in [0.3, 0.4) is 0 Å². The Bertz CT molecular complexity index is 420. The monoisotopic (exact) mass is 253 g/mol. The first kappa shape index (κ1) is 12.1. The van der Waals surface area contributed by atoms with Gasteiger partial charge in [0, 0.05) is 11.6 Å². The van der Waals surface area contributed by atoms with Gasteiger partial charge in [0.05, 0.1) is 18.9 Å². The summed E-state index contributed by atoms with van der Waals surface area (Å²) in [4.78, 5) is 15.7. The van der Waals surface area contributed by atoms with Crippen molar-refractivity contribution in [2.45, 2.75) is 19.8 Å². The molecule has 0 bridgehead atoms. The molecular formula is C11H15N3O2S. The van der Waals surface area contributed by atoms with Crippen molar-refractivity contribution < 1.29 is 9.53 Å². The van der Waals surface area contributed by atoms with Crippen LogP contribution in [-0.2, 0) is 4.74 Å². The summed E-state index contributed by atoms with van der Waals surface area (Å²) >= 11 is 1.42. The molecule has 2 N–H and O–H groups in total. The summed E-state index contributed by atoms with van der Waals surface area (Å²) in [5.41, 5.74) is 2.12. The summed E-state index contributed by atoms with van der Waals surface area (Å²) in [6, 6.07) is -0.252. The van der Waals surface area contributed by atoms with Gasteiger partial charge in [0.25, 0.3) is 0 Å². The van der Waals surface area contributed by atoms with Crippen LogP contribution in [-0.4, -0.2) is 24.2 Å². The lowest BCUT2D eigenvalue weighted by atomic mass is 10.1. The Morgan fingerprint density at radius 2 is 2.29 bits per heavy atom. The van der Waals surface area contributed by atoms with Crippen molar-refractivity contribution in [2.24, 2.45) is 0 Å². The number of nitrogens with zero attached hydrogens (tertiary/aromatic N) is 1. The van der Waals surface area contributed by atoms with Crippen LogP contribution in [0.15, 0.2) is 17.2 Å². The van der Waals surface area contributed by atoms with Crippen LogP contribution in [0.2, 0.25) is 0 Å². The van der Waals surface area contributed by atoms with Crippen LogP contribution >= 0.6 is 11.3 Å². The number of hydrogen-bond acceptors (Lipinski definition) is 4. The molecule has 92 valence electrons. The number of nitrogens with one attached hydrogen (secondary N) is 2. The molecule has 2 heterocycles. The molecule has 1 aliphatic heterocycles. The maximum absolute atomic E-state index is 11.5. The van der Waals surface area contributed by atoms with Gasteiger partial charge in [-0.1, -0.05) is 0 Å². The molecule has 0 radical (unpaired) electrons. The maximum atomic E-state index is 11.5. The Balaban J connectivity index is 1.81. The molecule has 0 spiro atoms. The molecule has 0 unspecified atom stereocenters. The molecule has 0 aromatic carbocycles. The van der Waals surface area contributed by atoms with E-state index in [4.69, 9.17) is 4.74 Å². The Kier molecular flexibility index (Phi) is 4.11. The number of aryl methyl sites for hydroxylation is 1. The predicted molar refractivity (Wildman–Crippen MR) is 67.1 cm³/mol. The second kappa shape index (κ2) is 5.79. The second-order valence-corrected chi connectivity index (χ2v) is 4.67. The number of rotatable bonds is 2. The van der Waals surface area contributed by atoms with E-state index in [-0.39, 0.29) is 6.03 Å². The van der Waals surface area contributed by atoms with Gasteiger partial charge < -0.3 is 10.1 Å². The first-order valence-corrected chi connectivity index (χ1v) is 6.37. The quantitative estimate of drug-likeness (QED) is 0.849. The number of hydrogen-bond donors (Lipinski definition) is 2. The summed E-state index contributed by atoms with van der Waals surface area (Å²) in [7, 11) is 0. The van der Waals surface area contributed by atoms with Crippen molar-refractivity contribution in [3.63, 3.8) is 0 Å². The third kappa shape index (κ3) is 3.83. The summed E-state index contributed by atoms with van der Waals surface area (Å²) in [5, 5.41) is 7.90. The van der Waals surface area contributed by atoms with Crippen molar-refractivity contribution in [2.75, 3.05) is 18.5 Å². The average molecular weight is 253 g/mol. The van der Waals surface area contributed by atoms with E-state index in [9.17, 15) is 4.79 Å². The molecule has 2 rings (SSSR count). The molecular weight excluding hydrogens is 238 g/mol. The molecule has 1 aromatic rings. The highest BCUT2D eigenvalue weighted by Crippen LogP contribution is 2.14. The first-order chi connectivity index (χ1) is 8.24. The summed E-state index contributed by atoms with van der Waals surface area (Å²) in [6.07, 6.45) is 3.53. The Morgan fingerprint density at radius 3 is 2.94 bits per heavy atom. The molecule has 6 heteroatoms. The highest BCUT2D eigenvalue weighted by Gasteiger charge is 2.07. The van der Waals surface area contributed by atoms with Gasteiger partial charge in [-0.25, -0.2) is 9.78 Å². The van der Waals surface area contributed by atoms with E-state index in [2.05, 4.69) is 15.6 Å². The highest BCUT2D eigenvalue weighted by atomic mass is 32.1. The SMILES string of the molecule is Cc1csc(NC(=O)NC=C2CCOCC2)n1. The fourth-order valence-corrected chi connectivity index (χ4v) is 2.17. The molecule has 1 fully saturated rings. The largest absolute Gasteiger partial charge is 0.381 e. The van der Waals surface area contributed by atoms with Gasteiger partial charge in [-0.3, -0.25) is 5.32 Å². The van der Waals surface area contributed by atoms with Crippen LogP contribution in [0.5, 0.6) is 0 Å². The number of anilines is 1. The van der Waals surface area contributed by atoms with Gasteiger partial charge in [-0.05, 0) is 25.3 Å². The van der Waals surface area contributed by atoms with Crippen LogP contribution in [0.1, 0.15) is 18.5 Å². The van der Waals surface area contributed by atoms with Crippen LogP contribution in [0, 0.1) is 6.92 Å². The third-order valence-corrected chi connectivity index (χ3v) is 3.26. The number of aromatic nitrogens is 1. The molecule has 2 amide bonds. The Hall–Kier alpha value is -1.40. The molecule has 0 saturated carbocycles. The summed E-state index contributed by atoms with van der Waals surface area (Å²) < 4.78 is 5.23. The fourth-order valence-electron chi connectivity index (χ4n) is 1.49. The second-order valence-electron chi connectivity index (χ2n) is 3.81. The van der Waals surface area contributed by atoms with Gasteiger partial charge in [-0.15, -0.1) is 11.3 Å². The zero-order valence-corrected chi connectivity index (χ0v) is 10.5. The Labute approximate surface area is 104 Å². The zero-order valence-electron chi connectivity index (χ0n) is 9.66. The van der Waals surface area contributed by atoms with E-state index in [0.29, 0.717) is 5.13 Å². The zero-order chi connectivity index (χ0) is 12.1. The van der Waals surface area contributed by atoms with Gasteiger partial charge in [0.15, 0.2) is 5.13 Å². The lowest BCUT2D eigenvalue weighted by molar-refractivity contribution is 0.119. The van der Waals surface area contributed by atoms with Crippen molar-refractivity contribution in [3.05, 3.63) is 22.8 Å². The molecule has 5 nitrogen and oxygen atoms in total. The predicted octanol–water partition coefficient (Wildman–Crippen LogP) is 2.27. The lowest BCUT2D eigenvalue weighted by Gasteiger charge is -2.14. The highest BCUT2D eigenvalue weighted by molar-refractivity contribution is 7.13. The van der Waals surface area contributed by atoms with Crippen LogP contribution in [0.25, 0.3) is 0 Å². The first-order valence-electron chi connectivity index (χ1n) is 5.49. The number of carbonyl (C=O) groups excluding carboxylic acids is 1. The minimum Gasteiger partial charge on any atom is -0.381 e. The number of urea groups is 1. The normalized spacial score (nSPS) is 15.5. The third-order valence-electron chi connectivity index (χ3n) is 2.38. The standard InChI is InChI=1S/C11H15N3O2S/c1-8-7-17-11(13-8)14-10(15)12-6-9-2-4-16-5-3-9/h6-7H,2-5H2,1H3,(H2,12,13,14,15). The van der Waals surface area contributed by atoms with E-state index < -0.39 is 0 Å². The number of carbonyl (C=O) groups is 1. The van der Waals surface area contributed by atoms with E-state index in [1.54, 1.807) is 6.20 Å². The molecule has 1 saturated heterocycles. The maximum Gasteiger partial charge on any atom is 0.325 e. The van der Waals surface area contributed by atoms with E-state index in [1.807, 2.05) is 12.3 Å². The van der Waals surface area contributed by atoms with E-state index >= 15 is 0 Å². The molecule has 17 heavy (non-hydrogen) atoms. The number of ether oxygens (including phenoxy) is 1. The minimum absolute atomic E-state index is 0.252. The van der Waals surface area contributed by atoms with E-state index in [1.165, 1.54) is 16.9 Å². The van der Waals surface area contributed by atoms with Gasteiger partial charge in [0.1, 0.15) is 0 Å². The molecule has 0 aliphatic carbocycles. The number of amides is 2.